The van der Waals surface area contributed by atoms with Gasteiger partial charge in [0.25, 0.3) is 0 Å². The number of rotatable bonds is 6. The summed E-state index contributed by atoms with van der Waals surface area (Å²) in [4.78, 5) is 0. The Labute approximate surface area is 189 Å². The van der Waals surface area contributed by atoms with Gasteiger partial charge in [-0.2, -0.15) is 0 Å². The molecule has 3 aromatic carbocycles. The lowest BCUT2D eigenvalue weighted by Gasteiger charge is -2.53. The fourth-order valence-electron chi connectivity index (χ4n) is 8.89. The molecule has 3 nitrogen and oxygen atoms in total. The third-order valence-electron chi connectivity index (χ3n) is 9.56. The molecule has 0 saturated heterocycles. The van der Waals surface area contributed by atoms with Crippen LogP contribution < -0.4 is 0 Å². The Bertz CT molecular complexity index is 992. The highest BCUT2D eigenvalue weighted by atomic mass is 16.3. The summed E-state index contributed by atoms with van der Waals surface area (Å²) in [5.74, 6) is 0. The van der Waals surface area contributed by atoms with Gasteiger partial charge in [0.15, 0.2) is 0 Å². The summed E-state index contributed by atoms with van der Waals surface area (Å²) in [6.07, 6.45) is 1.85. The molecular weight excluding hydrogens is 396 g/mol. The van der Waals surface area contributed by atoms with E-state index in [1.54, 1.807) is 0 Å². The molecule has 0 aromatic heterocycles. The van der Waals surface area contributed by atoms with Crippen LogP contribution in [0.2, 0.25) is 0 Å². The van der Waals surface area contributed by atoms with Crippen LogP contribution in [-0.4, -0.2) is 35.1 Å². The topological polar surface area (TPSA) is 60.7 Å². The van der Waals surface area contributed by atoms with Crippen molar-refractivity contribution in [2.75, 3.05) is 19.8 Å². The molecule has 0 heterocycles. The van der Waals surface area contributed by atoms with E-state index in [-0.39, 0.29) is 25.2 Å². The van der Waals surface area contributed by atoms with Crippen molar-refractivity contribution in [3.05, 3.63) is 106 Å². The predicted octanol–water partition coefficient (Wildman–Crippen LogP) is 4.04. The number of fused-ring (bicyclic) bond motifs is 9. The fraction of sp³-hybridized carbons (Fsp3) is 0.379. The first-order valence-electron chi connectivity index (χ1n) is 11.7. The first kappa shape index (κ1) is 20.2. The van der Waals surface area contributed by atoms with E-state index in [4.69, 9.17) is 0 Å². The van der Waals surface area contributed by atoms with Crippen LogP contribution in [0.4, 0.5) is 0 Å². The van der Waals surface area contributed by atoms with E-state index >= 15 is 0 Å². The van der Waals surface area contributed by atoms with Crippen LogP contribution >= 0.6 is 0 Å². The van der Waals surface area contributed by atoms with Gasteiger partial charge in [0.05, 0.1) is 0 Å². The van der Waals surface area contributed by atoms with E-state index in [1.807, 2.05) is 0 Å². The Morgan fingerprint density at radius 2 is 0.688 bits per heavy atom. The SMILES string of the molecule is CC12C3(CCO)c4ccccc4C1(CCO)c1ccccc1C2(CCO)c1ccccc13. The molecule has 164 valence electrons. The Hall–Kier alpha value is -2.46. The molecule has 3 aliphatic rings. The monoisotopic (exact) mass is 426 g/mol. The van der Waals surface area contributed by atoms with Gasteiger partial charge >= 0.3 is 0 Å². The third-order valence-corrected chi connectivity index (χ3v) is 9.56. The summed E-state index contributed by atoms with van der Waals surface area (Å²) < 4.78 is 0. The van der Waals surface area contributed by atoms with Gasteiger partial charge in [0, 0.05) is 41.5 Å². The Kier molecular flexibility index (Phi) is 4.12. The molecule has 3 aliphatic carbocycles. The molecule has 0 fully saturated rings. The maximum Gasteiger partial charge on any atom is 0.0442 e. The lowest BCUT2D eigenvalue weighted by molar-refractivity contribution is 0.0302. The molecule has 32 heavy (non-hydrogen) atoms. The molecular formula is C29H30O3. The molecule has 0 bridgehead atoms. The molecule has 0 spiro atoms. The molecule has 3 heteroatoms. The Balaban J connectivity index is 1.90. The Morgan fingerprint density at radius 3 is 0.875 bits per heavy atom. The van der Waals surface area contributed by atoms with Crippen LogP contribution in [0.1, 0.15) is 59.6 Å². The number of aliphatic hydroxyl groups is 3. The second-order valence-corrected chi connectivity index (χ2v) is 9.90. The van der Waals surface area contributed by atoms with Crippen molar-refractivity contribution >= 4 is 0 Å². The fourth-order valence-corrected chi connectivity index (χ4v) is 8.89. The minimum atomic E-state index is -0.404. The van der Waals surface area contributed by atoms with Crippen molar-refractivity contribution in [2.24, 2.45) is 5.41 Å². The van der Waals surface area contributed by atoms with Gasteiger partial charge in [-0.1, -0.05) is 79.7 Å². The molecule has 0 radical (unpaired) electrons. The number of aliphatic hydroxyl groups excluding tert-OH is 3. The van der Waals surface area contributed by atoms with Crippen LogP contribution in [0.25, 0.3) is 0 Å². The summed E-state index contributed by atoms with van der Waals surface area (Å²) in [6.45, 7) is 2.63. The lowest BCUT2D eigenvalue weighted by Crippen LogP contribution is -2.55. The maximum atomic E-state index is 10.5. The summed E-state index contributed by atoms with van der Waals surface area (Å²) in [6, 6.07) is 26.1. The van der Waals surface area contributed by atoms with Gasteiger partial charge in [-0.3, -0.25) is 0 Å². The van der Waals surface area contributed by atoms with Gasteiger partial charge in [-0.15, -0.1) is 0 Å². The highest BCUT2D eigenvalue weighted by molar-refractivity contribution is 5.77. The van der Waals surface area contributed by atoms with Gasteiger partial charge in [-0.05, 0) is 52.6 Å². The summed E-state index contributed by atoms with van der Waals surface area (Å²) in [5, 5.41) is 31.4. The first-order chi connectivity index (χ1) is 15.6. The van der Waals surface area contributed by atoms with E-state index in [2.05, 4.69) is 79.7 Å². The Morgan fingerprint density at radius 1 is 0.469 bits per heavy atom. The summed E-state index contributed by atoms with van der Waals surface area (Å²) in [7, 11) is 0. The third kappa shape index (κ3) is 1.74. The molecule has 3 aromatic rings. The van der Waals surface area contributed by atoms with Crippen molar-refractivity contribution < 1.29 is 15.3 Å². The second-order valence-electron chi connectivity index (χ2n) is 9.90. The molecule has 0 unspecified atom stereocenters. The van der Waals surface area contributed by atoms with Crippen molar-refractivity contribution in [3.8, 4) is 0 Å². The average Bonchev–Trinajstić information content (AvgIpc) is 3.23. The van der Waals surface area contributed by atoms with Crippen LogP contribution in [0.3, 0.4) is 0 Å². The average molecular weight is 427 g/mol. The van der Waals surface area contributed by atoms with Gasteiger partial charge in [-0.25, -0.2) is 0 Å². The number of benzene rings is 3. The van der Waals surface area contributed by atoms with Gasteiger partial charge in [0.2, 0.25) is 0 Å². The van der Waals surface area contributed by atoms with E-state index < -0.39 is 16.2 Å². The molecule has 0 saturated carbocycles. The van der Waals surface area contributed by atoms with Crippen molar-refractivity contribution in [1.29, 1.82) is 0 Å². The minimum Gasteiger partial charge on any atom is -0.396 e. The van der Waals surface area contributed by atoms with Gasteiger partial charge in [0.1, 0.15) is 0 Å². The normalized spacial score (nSPS) is 33.0. The second kappa shape index (κ2) is 6.54. The molecule has 0 aliphatic heterocycles. The highest BCUT2D eigenvalue weighted by Crippen LogP contribution is 2.84. The van der Waals surface area contributed by atoms with E-state index in [9.17, 15) is 15.3 Å². The molecule has 0 amide bonds. The smallest absolute Gasteiger partial charge is 0.0442 e. The zero-order chi connectivity index (χ0) is 22.2. The van der Waals surface area contributed by atoms with E-state index in [0.717, 1.165) is 0 Å². The van der Waals surface area contributed by atoms with E-state index in [0.29, 0.717) is 19.3 Å². The number of hydrogen-bond acceptors (Lipinski definition) is 3. The van der Waals surface area contributed by atoms with Gasteiger partial charge < -0.3 is 15.3 Å². The van der Waals surface area contributed by atoms with Crippen molar-refractivity contribution in [1.82, 2.24) is 0 Å². The highest BCUT2D eigenvalue weighted by Gasteiger charge is 2.82. The molecule has 3 N–H and O–H groups in total. The zero-order valence-electron chi connectivity index (χ0n) is 18.5. The van der Waals surface area contributed by atoms with Crippen LogP contribution in [0.5, 0.6) is 0 Å². The van der Waals surface area contributed by atoms with E-state index in [1.165, 1.54) is 33.4 Å². The van der Waals surface area contributed by atoms with Crippen LogP contribution in [0, 0.1) is 5.41 Å². The van der Waals surface area contributed by atoms with Crippen LogP contribution in [-0.2, 0) is 16.2 Å². The summed E-state index contributed by atoms with van der Waals surface area (Å²) in [5.41, 5.74) is 6.03. The quantitative estimate of drug-likeness (QED) is 0.558. The molecule has 6 rings (SSSR count). The first-order valence-corrected chi connectivity index (χ1v) is 11.7. The maximum absolute atomic E-state index is 10.5. The van der Waals surface area contributed by atoms with Crippen molar-refractivity contribution in [3.63, 3.8) is 0 Å². The summed E-state index contributed by atoms with van der Waals surface area (Å²) >= 11 is 0. The number of hydrogen-bond donors (Lipinski definition) is 3. The zero-order valence-corrected chi connectivity index (χ0v) is 18.5. The van der Waals surface area contributed by atoms with Crippen molar-refractivity contribution in [2.45, 2.75) is 42.4 Å². The largest absolute Gasteiger partial charge is 0.396 e. The standard InChI is InChI=1S/C29H30O3/c1-26-27(14-17-30)20-8-2-3-9-21(20)28(26,15-18-31)24-12-6-7-13-25(24)29(26,16-19-32)23-11-5-4-10-22(23)27/h2-13,30-32H,14-19H2,1H3. The predicted molar refractivity (Wildman–Crippen MR) is 125 cm³/mol. The lowest BCUT2D eigenvalue weighted by atomic mass is 9.48. The molecule has 0 atom stereocenters. The minimum absolute atomic E-state index is 0.0824. The van der Waals surface area contributed by atoms with Crippen LogP contribution in [0.15, 0.2) is 72.8 Å².